The minimum absolute atomic E-state index is 0.157. The topological polar surface area (TPSA) is 24.5 Å². The molecule has 4 heteroatoms. The molecular formula is C16H25FN2O. The van der Waals surface area contributed by atoms with E-state index in [1.54, 1.807) is 12.1 Å². The molecule has 1 unspecified atom stereocenters. The first-order valence-corrected chi connectivity index (χ1v) is 7.47. The van der Waals surface area contributed by atoms with E-state index in [2.05, 4.69) is 17.3 Å². The Bertz CT molecular complexity index is 434. The number of halogens is 1. The van der Waals surface area contributed by atoms with Crippen molar-refractivity contribution in [1.29, 1.82) is 0 Å². The molecule has 1 aliphatic rings. The Morgan fingerprint density at radius 3 is 2.80 bits per heavy atom. The average molecular weight is 280 g/mol. The maximum atomic E-state index is 14.0. The molecule has 1 aromatic rings. The van der Waals surface area contributed by atoms with Crippen LogP contribution >= 0.6 is 0 Å². The molecule has 1 saturated carbocycles. The summed E-state index contributed by atoms with van der Waals surface area (Å²) in [7, 11) is 2.10. The summed E-state index contributed by atoms with van der Waals surface area (Å²) in [4.78, 5) is 2.28. The molecule has 1 aliphatic carbocycles. The third-order valence-electron chi connectivity index (χ3n) is 3.84. The average Bonchev–Trinajstić information content (AvgIpc) is 3.25. The second-order valence-corrected chi connectivity index (χ2v) is 5.53. The zero-order chi connectivity index (χ0) is 14.5. The fourth-order valence-corrected chi connectivity index (χ4v) is 2.32. The Hall–Kier alpha value is -1.13. The van der Waals surface area contributed by atoms with Gasteiger partial charge in [0.05, 0.1) is 0 Å². The van der Waals surface area contributed by atoms with Gasteiger partial charge in [0.25, 0.3) is 0 Å². The van der Waals surface area contributed by atoms with Gasteiger partial charge < -0.3 is 15.0 Å². The van der Waals surface area contributed by atoms with E-state index in [4.69, 9.17) is 4.74 Å². The van der Waals surface area contributed by atoms with Crippen molar-refractivity contribution >= 4 is 0 Å². The van der Waals surface area contributed by atoms with E-state index in [0.717, 1.165) is 18.7 Å². The van der Waals surface area contributed by atoms with Crippen LogP contribution in [0.25, 0.3) is 0 Å². The summed E-state index contributed by atoms with van der Waals surface area (Å²) in [5, 5.41) is 3.27. The van der Waals surface area contributed by atoms with Gasteiger partial charge in [-0.05, 0) is 51.1 Å². The first kappa shape index (κ1) is 15.3. The summed E-state index contributed by atoms with van der Waals surface area (Å²) in [5.41, 5.74) is 0.951. The van der Waals surface area contributed by atoms with Gasteiger partial charge in [-0.2, -0.15) is 0 Å². The summed E-state index contributed by atoms with van der Waals surface area (Å²) in [6.45, 7) is 6.32. The lowest BCUT2D eigenvalue weighted by Gasteiger charge is -2.17. The van der Waals surface area contributed by atoms with E-state index in [9.17, 15) is 4.39 Å². The van der Waals surface area contributed by atoms with Crippen LogP contribution in [0.4, 0.5) is 4.39 Å². The Morgan fingerprint density at radius 2 is 2.20 bits per heavy atom. The highest BCUT2D eigenvalue weighted by Gasteiger charge is 2.25. The third-order valence-corrected chi connectivity index (χ3v) is 3.84. The van der Waals surface area contributed by atoms with Crippen molar-refractivity contribution < 1.29 is 9.13 Å². The molecule has 0 heterocycles. The Labute approximate surface area is 121 Å². The molecule has 0 aliphatic heterocycles. The SMILES string of the molecule is CCNC(C)c1ccc(OCCN(C)C2CC2)c(F)c1. The molecule has 0 bridgehead atoms. The molecule has 3 nitrogen and oxygen atoms in total. The van der Waals surface area contributed by atoms with Gasteiger partial charge >= 0.3 is 0 Å². The summed E-state index contributed by atoms with van der Waals surface area (Å²) in [6, 6.07) is 6.09. The molecule has 2 rings (SSSR count). The van der Waals surface area contributed by atoms with Gasteiger partial charge in [-0.25, -0.2) is 4.39 Å². The zero-order valence-corrected chi connectivity index (χ0v) is 12.7. The van der Waals surface area contributed by atoms with Gasteiger partial charge in [-0.1, -0.05) is 13.0 Å². The minimum Gasteiger partial charge on any atom is -0.489 e. The molecule has 0 aromatic heterocycles. The highest BCUT2D eigenvalue weighted by molar-refractivity contribution is 5.30. The lowest BCUT2D eigenvalue weighted by molar-refractivity contribution is 0.225. The van der Waals surface area contributed by atoms with Gasteiger partial charge in [-0.15, -0.1) is 0 Å². The summed E-state index contributed by atoms with van der Waals surface area (Å²) in [5.74, 6) is 0.0722. The molecule has 0 saturated heterocycles. The van der Waals surface area contributed by atoms with Crippen molar-refractivity contribution in [3.63, 3.8) is 0 Å². The van der Waals surface area contributed by atoms with Gasteiger partial charge in [0.15, 0.2) is 11.6 Å². The van der Waals surface area contributed by atoms with Crippen molar-refractivity contribution in [3.05, 3.63) is 29.6 Å². The monoisotopic (exact) mass is 280 g/mol. The molecule has 112 valence electrons. The van der Waals surface area contributed by atoms with Crippen LogP contribution in [0.5, 0.6) is 5.75 Å². The van der Waals surface area contributed by atoms with E-state index in [-0.39, 0.29) is 11.9 Å². The predicted molar refractivity (Wildman–Crippen MR) is 79.6 cm³/mol. The lowest BCUT2D eigenvalue weighted by atomic mass is 10.1. The van der Waals surface area contributed by atoms with Crippen molar-refractivity contribution in [3.8, 4) is 5.75 Å². The maximum Gasteiger partial charge on any atom is 0.165 e. The quantitative estimate of drug-likeness (QED) is 0.792. The van der Waals surface area contributed by atoms with Gasteiger partial charge in [-0.3, -0.25) is 0 Å². The van der Waals surface area contributed by atoms with Crippen LogP contribution in [0.1, 0.15) is 38.3 Å². The van der Waals surface area contributed by atoms with Gasteiger partial charge in [0.2, 0.25) is 0 Å². The highest BCUT2D eigenvalue weighted by Crippen LogP contribution is 2.25. The van der Waals surface area contributed by atoms with Crippen LogP contribution in [0.2, 0.25) is 0 Å². The second kappa shape index (κ2) is 7.04. The van der Waals surface area contributed by atoms with Crippen molar-refractivity contribution in [1.82, 2.24) is 10.2 Å². The Balaban J connectivity index is 1.85. The third kappa shape index (κ3) is 4.18. The van der Waals surface area contributed by atoms with E-state index >= 15 is 0 Å². The molecule has 1 aromatic carbocycles. The minimum atomic E-state index is -0.277. The molecule has 0 radical (unpaired) electrons. The Morgan fingerprint density at radius 1 is 1.45 bits per heavy atom. The van der Waals surface area contributed by atoms with E-state index in [1.165, 1.54) is 12.8 Å². The standard InChI is InChI=1S/C16H25FN2O/c1-4-18-12(2)13-5-8-16(15(17)11-13)20-10-9-19(3)14-6-7-14/h5,8,11-12,14,18H,4,6-7,9-10H2,1-3H3. The number of nitrogens with one attached hydrogen (secondary N) is 1. The van der Waals surface area contributed by atoms with Crippen molar-refractivity contribution in [2.24, 2.45) is 0 Å². The van der Waals surface area contributed by atoms with Crippen LogP contribution in [0.15, 0.2) is 18.2 Å². The molecular weight excluding hydrogens is 255 g/mol. The molecule has 1 atom stereocenters. The molecule has 20 heavy (non-hydrogen) atoms. The van der Waals surface area contributed by atoms with Gasteiger partial charge in [0.1, 0.15) is 6.61 Å². The largest absolute Gasteiger partial charge is 0.489 e. The summed E-state index contributed by atoms with van der Waals surface area (Å²) >= 11 is 0. The van der Waals surface area contributed by atoms with Crippen LogP contribution < -0.4 is 10.1 Å². The normalized spacial score (nSPS) is 16.4. The Kier molecular flexibility index (Phi) is 5.38. The fourth-order valence-electron chi connectivity index (χ4n) is 2.32. The molecule has 1 N–H and O–H groups in total. The number of hydrogen-bond acceptors (Lipinski definition) is 3. The number of hydrogen-bond donors (Lipinski definition) is 1. The molecule has 1 fully saturated rings. The second-order valence-electron chi connectivity index (χ2n) is 5.53. The smallest absolute Gasteiger partial charge is 0.165 e. The van der Waals surface area contributed by atoms with Crippen molar-refractivity contribution in [2.45, 2.75) is 38.8 Å². The number of benzene rings is 1. The van der Waals surface area contributed by atoms with E-state index in [0.29, 0.717) is 18.4 Å². The van der Waals surface area contributed by atoms with Crippen LogP contribution in [0, 0.1) is 5.82 Å². The highest BCUT2D eigenvalue weighted by atomic mass is 19.1. The number of likely N-dealkylation sites (N-methyl/N-ethyl adjacent to an activating group) is 1. The number of ether oxygens (including phenoxy) is 1. The van der Waals surface area contributed by atoms with Crippen LogP contribution in [-0.2, 0) is 0 Å². The number of rotatable bonds is 8. The first-order valence-electron chi connectivity index (χ1n) is 7.47. The maximum absolute atomic E-state index is 14.0. The molecule has 0 amide bonds. The van der Waals surface area contributed by atoms with Crippen LogP contribution in [-0.4, -0.2) is 37.7 Å². The van der Waals surface area contributed by atoms with E-state index < -0.39 is 0 Å². The van der Waals surface area contributed by atoms with Crippen LogP contribution in [0.3, 0.4) is 0 Å². The lowest BCUT2D eigenvalue weighted by Crippen LogP contribution is -2.26. The van der Waals surface area contributed by atoms with Gasteiger partial charge in [0, 0.05) is 18.6 Å². The number of nitrogens with zero attached hydrogens (tertiary/aromatic N) is 1. The van der Waals surface area contributed by atoms with Crippen molar-refractivity contribution in [2.75, 3.05) is 26.7 Å². The van der Waals surface area contributed by atoms with E-state index in [1.807, 2.05) is 19.9 Å². The predicted octanol–water partition coefficient (Wildman–Crippen LogP) is 2.97. The molecule has 0 spiro atoms. The fraction of sp³-hybridized carbons (Fsp3) is 0.625. The summed E-state index contributed by atoms with van der Waals surface area (Å²) in [6.07, 6.45) is 2.56. The first-order chi connectivity index (χ1) is 9.61. The summed E-state index contributed by atoms with van der Waals surface area (Å²) < 4.78 is 19.5. The zero-order valence-electron chi connectivity index (χ0n) is 12.7.